The number of hydrogen-bond donors (Lipinski definition) is 1. The number of nitrogens with one attached hydrogen (secondary N) is 1. The van der Waals surface area contributed by atoms with E-state index < -0.39 is 0 Å². The van der Waals surface area contributed by atoms with E-state index in [0.717, 1.165) is 16.5 Å². The minimum absolute atomic E-state index is 0. The Morgan fingerprint density at radius 2 is 2.19 bits per heavy atom. The normalized spacial score (nSPS) is 20.2. The van der Waals surface area contributed by atoms with E-state index in [1.54, 1.807) is 12.4 Å². The SMILES string of the molecule is Cc1nccnc1SCC1CCCCN1.Cl. The average Bonchev–Trinajstić information content (AvgIpc) is 2.29. The molecule has 1 aromatic heterocycles. The first-order valence-corrected chi connectivity index (χ1v) is 6.48. The van der Waals surface area contributed by atoms with Crippen molar-refractivity contribution in [2.45, 2.75) is 37.3 Å². The number of thioether (sulfide) groups is 1. The van der Waals surface area contributed by atoms with Crippen molar-refractivity contribution in [2.24, 2.45) is 0 Å². The summed E-state index contributed by atoms with van der Waals surface area (Å²) in [6, 6.07) is 0.658. The highest BCUT2D eigenvalue weighted by Gasteiger charge is 2.13. The van der Waals surface area contributed by atoms with Gasteiger partial charge in [0.05, 0.1) is 5.69 Å². The average molecular weight is 260 g/mol. The van der Waals surface area contributed by atoms with Crippen LogP contribution < -0.4 is 5.32 Å². The maximum atomic E-state index is 4.34. The molecule has 1 saturated heterocycles. The second-order valence-electron chi connectivity index (χ2n) is 3.90. The van der Waals surface area contributed by atoms with E-state index in [4.69, 9.17) is 0 Å². The van der Waals surface area contributed by atoms with Gasteiger partial charge in [0.1, 0.15) is 5.03 Å². The van der Waals surface area contributed by atoms with Gasteiger partial charge >= 0.3 is 0 Å². The Hall–Kier alpha value is -0.320. The third-order valence-corrected chi connectivity index (χ3v) is 3.91. The molecule has 1 aromatic rings. The zero-order chi connectivity index (χ0) is 10.5. The first-order valence-electron chi connectivity index (χ1n) is 5.50. The van der Waals surface area contributed by atoms with E-state index in [0.29, 0.717) is 6.04 Å². The zero-order valence-corrected chi connectivity index (χ0v) is 11.1. The molecule has 0 amide bonds. The molecule has 2 heterocycles. The van der Waals surface area contributed by atoms with Gasteiger partial charge in [0.25, 0.3) is 0 Å². The summed E-state index contributed by atoms with van der Waals surface area (Å²) in [6.45, 7) is 3.19. The summed E-state index contributed by atoms with van der Waals surface area (Å²) in [4.78, 5) is 8.57. The fraction of sp³-hybridized carbons (Fsp3) is 0.636. The molecule has 0 aromatic carbocycles. The monoisotopic (exact) mass is 259 g/mol. The van der Waals surface area contributed by atoms with Crippen molar-refractivity contribution in [3.63, 3.8) is 0 Å². The van der Waals surface area contributed by atoms with Crippen LogP contribution in [0, 0.1) is 6.92 Å². The molecule has 0 spiro atoms. The van der Waals surface area contributed by atoms with E-state index in [9.17, 15) is 0 Å². The third kappa shape index (κ3) is 3.92. The van der Waals surface area contributed by atoms with E-state index in [1.165, 1.54) is 25.8 Å². The van der Waals surface area contributed by atoms with Gasteiger partial charge in [0, 0.05) is 24.2 Å². The number of halogens is 1. The van der Waals surface area contributed by atoms with Crippen molar-refractivity contribution in [1.29, 1.82) is 0 Å². The third-order valence-electron chi connectivity index (χ3n) is 2.67. The Bertz CT molecular complexity index is 316. The largest absolute Gasteiger partial charge is 0.313 e. The Kier molecular flexibility index (Phi) is 6.09. The summed E-state index contributed by atoms with van der Waals surface area (Å²) >= 11 is 1.82. The van der Waals surface area contributed by atoms with Crippen LogP contribution in [-0.2, 0) is 0 Å². The van der Waals surface area contributed by atoms with Crippen LogP contribution in [-0.4, -0.2) is 28.3 Å². The van der Waals surface area contributed by atoms with Crippen molar-refractivity contribution < 1.29 is 0 Å². The van der Waals surface area contributed by atoms with Crippen LogP contribution in [0.3, 0.4) is 0 Å². The fourth-order valence-electron chi connectivity index (χ4n) is 1.78. The van der Waals surface area contributed by atoms with Gasteiger partial charge in [0.15, 0.2) is 0 Å². The molecule has 1 aliphatic heterocycles. The molecular weight excluding hydrogens is 242 g/mol. The van der Waals surface area contributed by atoms with Gasteiger partial charge in [-0.15, -0.1) is 24.2 Å². The van der Waals surface area contributed by atoms with Gasteiger partial charge in [0.2, 0.25) is 0 Å². The lowest BCUT2D eigenvalue weighted by molar-refractivity contribution is 0.430. The van der Waals surface area contributed by atoms with Crippen molar-refractivity contribution in [3.05, 3.63) is 18.1 Å². The van der Waals surface area contributed by atoms with Gasteiger partial charge in [-0.05, 0) is 26.3 Å². The smallest absolute Gasteiger partial charge is 0.117 e. The van der Waals surface area contributed by atoms with Crippen LogP contribution in [0.25, 0.3) is 0 Å². The highest BCUT2D eigenvalue weighted by molar-refractivity contribution is 7.99. The fourth-order valence-corrected chi connectivity index (χ4v) is 2.82. The lowest BCUT2D eigenvalue weighted by Gasteiger charge is -2.22. The van der Waals surface area contributed by atoms with Crippen LogP contribution in [0.4, 0.5) is 0 Å². The van der Waals surface area contributed by atoms with Gasteiger partial charge in [-0.2, -0.15) is 0 Å². The molecule has 1 unspecified atom stereocenters. The topological polar surface area (TPSA) is 37.8 Å². The maximum Gasteiger partial charge on any atom is 0.117 e. The summed E-state index contributed by atoms with van der Waals surface area (Å²) in [5.41, 5.74) is 1.04. The molecule has 5 heteroatoms. The molecule has 90 valence electrons. The van der Waals surface area contributed by atoms with Crippen molar-refractivity contribution in [1.82, 2.24) is 15.3 Å². The molecular formula is C11H18ClN3S. The number of nitrogens with zero attached hydrogens (tertiary/aromatic N) is 2. The lowest BCUT2D eigenvalue weighted by Crippen LogP contribution is -2.35. The Labute approximate surface area is 107 Å². The number of aromatic nitrogens is 2. The molecule has 1 atom stereocenters. The van der Waals surface area contributed by atoms with Crippen LogP contribution in [0.1, 0.15) is 25.0 Å². The molecule has 1 aliphatic rings. The minimum Gasteiger partial charge on any atom is -0.313 e. The summed E-state index contributed by atoms with van der Waals surface area (Å²) in [6.07, 6.45) is 7.50. The Balaban J connectivity index is 0.00000128. The van der Waals surface area contributed by atoms with E-state index in [2.05, 4.69) is 15.3 Å². The molecule has 0 aliphatic carbocycles. The van der Waals surface area contributed by atoms with E-state index in [-0.39, 0.29) is 12.4 Å². The second kappa shape index (κ2) is 7.09. The van der Waals surface area contributed by atoms with Crippen molar-refractivity contribution in [2.75, 3.05) is 12.3 Å². The molecule has 0 saturated carbocycles. The van der Waals surface area contributed by atoms with Crippen LogP contribution in [0.15, 0.2) is 17.4 Å². The standard InChI is InChI=1S/C11H17N3S.ClH/c1-9-11(14-7-6-12-9)15-8-10-4-2-3-5-13-10;/h6-7,10,13H,2-5,8H2,1H3;1H. The molecule has 0 bridgehead atoms. The first-order chi connectivity index (χ1) is 7.36. The quantitative estimate of drug-likeness (QED) is 0.847. The van der Waals surface area contributed by atoms with E-state index >= 15 is 0 Å². The molecule has 3 nitrogen and oxygen atoms in total. The Morgan fingerprint density at radius 1 is 1.38 bits per heavy atom. The predicted molar refractivity (Wildman–Crippen MR) is 70.4 cm³/mol. The summed E-state index contributed by atoms with van der Waals surface area (Å²) in [5.74, 6) is 1.11. The minimum atomic E-state index is 0. The zero-order valence-electron chi connectivity index (χ0n) is 9.48. The molecule has 1 N–H and O–H groups in total. The predicted octanol–water partition coefficient (Wildman–Crippen LogP) is 2.44. The molecule has 1 fully saturated rings. The molecule has 2 rings (SSSR count). The van der Waals surface area contributed by atoms with Gasteiger partial charge in [-0.25, -0.2) is 4.98 Å². The van der Waals surface area contributed by atoms with Gasteiger partial charge in [-0.1, -0.05) is 6.42 Å². The Morgan fingerprint density at radius 3 is 2.88 bits per heavy atom. The van der Waals surface area contributed by atoms with Crippen LogP contribution in [0.2, 0.25) is 0 Å². The second-order valence-corrected chi connectivity index (χ2v) is 4.91. The summed E-state index contributed by atoms with van der Waals surface area (Å²) < 4.78 is 0. The number of hydrogen-bond acceptors (Lipinski definition) is 4. The van der Waals surface area contributed by atoms with Crippen molar-refractivity contribution in [3.8, 4) is 0 Å². The first kappa shape index (κ1) is 13.7. The lowest BCUT2D eigenvalue weighted by atomic mass is 10.1. The van der Waals surface area contributed by atoms with Gasteiger partial charge in [-0.3, -0.25) is 4.98 Å². The van der Waals surface area contributed by atoms with Crippen LogP contribution >= 0.6 is 24.2 Å². The maximum absolute atomic E-state index is 4.34. The summed E-state index contributed by atoms with van der Waals surface area (Å²) in [7, 11) is 0. The highest BCUT2D eigenvalue weighted by Crippen LogP contribution is 2.20. The van der Waals surface area contributed by atoms with Crippen LogP contribution in [0.5, 0.6) is 0 Å². The number of piperidine rings is 1. The highest BCUT2D eigenvalue weighted by atomic mass is 35.5. The molecule has 0 radical (unpaired) electrons. The summed E-state index contributed by atoms with van der Waals surface area (Å²) in [5, 5.41) is 4.61. The van der Waals surface area contributed by atoms with Gasteiger partial charge < -0.3 is 5.32 Å². The van der Waals surface area contributed by atoms with Crippen molar-refractivity contribution >= 4 is 24.2 Å². The molecule has 16 heavy (non-hydrogen) atoms. The number of rotatable bonds is 3. The van der Waals surface area contributed by atoms with E-state index in [1.807, 2.05) is 18.7 Å². The number of aryl methyl sites for hydroxylation is 1.